The van der Waals surface area contributed by atoms with Gasteiger partial charge in [0.1, 0.15) is 12.1 Å². The average molecular weight is 271 g/mol. The van der Waals surface area contributed by atoms with E-state index in [1.807, 2.05) is 13.8 Å². The SMILES string of the molecule is CC(C)CC(NC(=O)N1CCNC(=O)C1C)C(=O)O. The maximum absolute atomic E-state index is 12.0. The van der Waals surface area contributed by atoms with E-state index < -0.39 is 24.1 Å². The van der Waals surface area contributed by atoms with Gasteiger partial charge in [0.05, 0.1) is 0 Å². The van der Waals surface area contributed by atoms with Gasteiger partial charge in [-0.1, -0.05) is 13.8 Å². The monoisotopic (exact) mass is 271 g/mol. The Hall–Kier alpha value is -1.79. The molecule has 108 valence electrons. The summed E-state index contributed by atoms with van der Waals surface area (Å²) in [6.45, 7) is 6.16. The summed E-state index contributed by atoms with van der Waals surface area (Å²) in [6.07, 6.45) is 0.357. The highest BCUT2D eigenvalue weighted by molar-refractivity contribution is 5.89. The lowest BCUT2D eigenvalue weighted by Crippen LogP contribution is -2.60. The summed E-state index contributed by atoms with van der Waals surface area (Å²) in [5.41, 5.74) is 0. The minimum absolute atomic E-state index is 0.156. The van der Waals surface area contributed by atoms with Crippen molar-refractivity contribution < 1.29 is 19.5 Å². The molecule has 1 fully saturated rings. The van der Waals surface area contributed by atoms with Crippen LogP contribution in [-0.4, -0.2) is 53.1 Å². The van der Waals surface area contributed by atoms with Crippen LogP contribution in [0, 0.1) is 5.92 Å². The fourth-order valence-electron chi connectivity index (χ4n) is 1.98. The molecule has 0 bridgehead atoms. The number of nitrogens with one attached hydrogen (secondary N) is 2. The summed E-state index contributed by atoms with van der Waals surface area (Å²) in [5, 5.41) is 14.2. The van der Waals surface area contributed by atoms with Crippen LogP contribution < -0.4 is 10.6 Å². The standard InChI is InChI=1S/C12H21N3O4/c1-7(2)6-9(11(17)18)14-12(19)15-5-4-13-10(16)8(15)3/h7-9H,4-6H2,1-3H3,(H,13,16)(H,14,19)(H,17,18). The molecule has 0 spiro atoms. The molecule has 0 aromatic rings. The van der Waals surface area contributed by atoms with E-state index in [1.165, 1.54) is 4.90 Å². The van der Waals surface area contributed by atoms with Crippen LogP contribution in [0.5, 0.6) is 0 Å². The van der Waals surface area contributed by atoms with E-state index >= 15 is 0 Å². The summed E-state index contributed by atoms with van der Waals surface area (Å²) in [5.74, 6) is -1.13. The van der Waals surface area contributed by atoms with E-state index in [0.717, 1.165) is 0 Å². The molecule has 2 unspecified atom stereocenters. The lowest BCUT2D eigenvalue weighted by atomic mass is 10.0. The molecule has 0 radical (unpaired) electrons. The van der Waals surface area contributed by atoms with Crippen LogP contribution in [-0.2, 0) is 9.59 Å². The Morgan fingerprint density at radius 3 is 2.68 bits per heavy atom. The number of hydrogen-bond acceptors (Lipinski definition) is 3. The van der Waals surface area contributed by atoms with Crippen molar-refractivity contribution in [2.75, 3.05) is 13.1 Å². The number of aliphatic carboxylic acids is 1. The molecule has 7 nitrogen and oxygen atoms in total. The quantitative estimate of drug-likeness (QED) is 0.671. The first-order chi connectivity index (χ1) is 8.82. The molecule has 1 aliphatic heterocycles. The molecule has 1 heterocycles. The van der Waals surface area contributed by atoms with E-state index in [9.17, 15) is 14.4 Å². The largest absolute Gasteiger partial charge is 0.480 e. The fraction of sp³-hybridized carbons (Fsp3) is 0.750. The number of nitrogens with zero attached hydrogens (tertiary/aromatic N) is 1. The van der Waals surface area contributed by atoms with Gasteiger partial charge >= 0.3 is 12.0 Å². The summed E-state index contributed by atoms with van der Waals surface area (Å²) >= 11 is 0. The molecule has 19 heavy (non-hydrogen) atoms. The Labute approximate surface area is 112 Å². The van der Waals surface area contributed by atoms with Gasteiger partial charge in [0.15, 0.2) is 0 Å². The van der Waals surface area contributed by atoms with Crippen molar-refractivity contribution in [3.8, 4) is 0 Å². The van der Waals surface area contributed by atoms with Crippen LogP contribution in [0.25, 0.3) is 0 Å². The lowest BCUT2D eigenvalue weighted by molar-refractivity contribution is -0.139. The number of hydrogen-bond donors (Lipinski definition) is 3. The van der Waals surface area contributed by atoms with Crippen LogP contribution in [0.4, 0.5) is 4.79 Å². The van der Waals surface area contributed by atoms with Crippen LogP contribution >= 0.6 is 0 Å². The molecule has 0 aliphatic carbocycles. The van der Waals surface area contributed by atoms with Crippen LogP contribution in [0.3, 0.4) is 0 Å². The first-order valence-corrected chi connectivity index (χ1v) is 6.40. The van der Waals surface area contributed by atoms with Gasteiger partial charge < -0.3 is 20.6 Å². The molecular formula is C12H21N3O4. The summed E-state index contributed by atoms with van der Waals surface area (Å²) in [6, 6.07) is -2.01. The van der Waals surface area contributed by atoms with Gasteiger partial charge in [-0.15, -0.1) is 0 Å². The minimum atomic E-state index is -1.06. The Kier molecular flexibility index (Phi) is 5.14. The van der Waals surface area contributed by atoms with Gasteiger partial charge in [-0.05, 0) is 19.3 Å². The molecule has 1 rings (SSSR count). The number of rotatable bonds is 4. The predicted molar refractivity (Wildman–Crippen MR) is 68.6 cm³/mol. The maximum Gasteiger partial charge on any atom is 0.326 e. The van der Waals surface area contributed by atoms with Crippen molar-refractivity contribution in [1.82, 2.24) is 15.5 Å². The zero-order valence-electron chi connectivity index (χ0n) is 11.5. The van der Waals surface area contributed by atoms with Gasteiger partial charge in [0.2, 0.25) is 5.91 Å². The molecular weight excluding hydrogens is 250 g/mol. The second-order valence-corrected chi connectivity index (χ2v) is 5.13. The minimum Gasteiger partial charge on any atom is -0.480 e. The number of urea groups is 1. The summed E-state index contributed by atoms with van der Waals surface area (Å²) < 4.78 is 0. The first kappa shape index (κ1) is 15.3. The number of carboxylic acids is 1. The zero-order chi connectivity index (χ0) is 14.6. The molecule has 0 aromatic carbocycles. The maximum atomic E-state index is 12.0. The molecule has 0 aromatic heterocycles. The van der Waals surface area contributed by atoms with Crippen molar-refractivity contribution in [2.45, 2.75) is 39.3 Å². The third-order valence-corrected chi connectivity index (χ3v) is 3.06. The van der Waals surface area contributed by atoms with Crippen molar-refractivity contribution in [2.24, 2.45) is 5.92 Å². The Balaban J connectivity index is 2.65. The lowest BCUT2D eigenvalue weighted by Gasteiger charge is -2.33. The van der Waals surface area contributed by atoms with Gasteiger partial charge in [0, 0.05) is 13.1 Å². The average Bonchev–Trinajstić information content (AvgIpc) is 2.31. The van der Waals surface area contributed by atoms with Crippen molar-refractivity contribution in [1.29, 1.82) is 0 Å². The fourth-order valence-corrected chi connectivity index (χ4v) is 1.98. The summed E-state index contributed by atoms with van der Waals surface area (Å²) in [4.78, 5) is 35.9. The highest BCUT2D eigenvalue weighted by atomic mass is 16.4. The number of piperazine rings is 1. The topological polar surface area (TPSA) is 98.7 Å². The molecule has 3 N–H and O–H groups in total. The van der Waals surface area contributed by atoms with Gasteiger partial charge in [-0.25, -0.2) is 9.59 Å². The second kappa shape index (κ2) is 6.40. The van der Waals surface area contributed by atoms with E-state index in [-0.39, 0.29) is 11.8 Å². The predicted octanol–water partition coefficient (Wildman–Crippen LogP) is 0.0156. The molecule has 0 saturated carbocycles. The van der Waals surface area contributed by atoms with E-state index in [2.05, 4.69) is 10.6 Å². The Morgan fingerprint density at radius 1 is 1.53 bits per heavy atom. The third kappa shape index (κ3) is 4.11. The van der Waals surface area contributed by atoms with E-state index in [4.69, 9.17) is 5.11 Å². The van der Waals surface area contributed by atoms with E-state index in [0.29, 0.717) is 19.5 Å². The number of carbonyl (C=O) groups excluding carboxylic acids is 2. The third-order valence-electron chi connectivity index (χ3n) is 3.06. The van der Waals surface area contributed by atoms with Crippen LogP contribution in [0.15, 0.2) is 0 Å². The molecule has 2 atom stereocenters. The van der Waals surface area contributed by atoms with Crippen molar-refractivity contribution in [3.05, 3.63) is 0 Å². The Morgan fingerprint density at radius 2 is 2.16 bits per heavy atom. The van der Waals surface area contributed by atoms with Gasteiger partial charge in [0.25, 0.3) is 0 Å². The normalized spacial score (nSPS) is 20.9. The Bertz CT molecular complexity index is 370. The smallest absolute Gasteiger partial charge is 0.326 e. The van der Waals surface area contributed by atoms with E-state index in [1.54, 1.807) is 6.92 Å². The highest BCUT2D eigenvalue weighted by Crippen LogP contribution is 2.08. The van der Waals surface area contributed by atoms with Gasteiger partial charge in [-0.3, -0.25) is 4.79 Å². The summed E-state index contributed by atoms with van der Waals surface area (Å²) in [7, 11) is 0. The number of amides is 3. The van der Waals surface area contributed by atoms with Crippen LogP contribution in [0.2, 0.25) is 0 Å². The first-order valence-electron chi connectivity index (χ1n) is 6.40. The zero-order valence-corrected chi connectivity index (χ0v) is 11.5. The molecule has 1 aliphatic rings. The highest BCUT2D eigenvalue weighted by Gasteiger charge is 2.31. The molecule has 1 saturated heterocycles. The van der Waals surface area contributed by atoms with Crippen molar-refractivity contribution >= 4 is 17.9 Å². The van der Waals surface area contributed by atoms with Crippen molar-refractivity contribution in [3.63, 3.8) is 0 Å². The van der Waals surface area contributed by atoms with Crippen LogP contribution in [0.1, 0.15) is 27.2 Å². The van der Waals surface area contributed by atoms with Gasteiger partial charge in [-0.2, -0.15) is 0 Å². The number of carbonyl (C=O) groups is 3. The number of carboxylic acid groups (broad SMARTS) is 1. The molecule has 3 amide bonds. The second-order valence-electron chi connectivity index (χ2n) is 5.13. The molecule has 7 heteroatoms.